The zero-order valence-electron chi connectivity index (χ0n) is 13.3. The quantitative estimate of drug-likeness (QED) is 0.808. The first-order chi connectivity index (χ1) is 10.9. The molecule has 0 spiro atoms. The van der Waals surface area contributed by atoms with Crippen molar-refractivity contribution >= 4 is 0 Å². The number of likely N-dealkylation sites (tertiary alicyclic amines) is 1. The van der Waals surface area contributed by atoms with Crippen LogP contribution >= 0.6 is 0 Å². The summed E-state index contributed by atoms with van der Waals surface area (Å²) >= 11 is 0. The summed E-state index contributed by atoms with van der Waals surface area (Å²) in [6.45, 7) is 4.75. The van der Waals surface area contributed by atoms with Gasteiger partial charge in [-0.25, -0.2) is 0 Å². The van der Waals surface area contributed by atoms with Crippen LogP contribution in [0.3, 0.4) is 0 Å². The molecule has 0 amide bonds. The van der Waals surface area contributed by atoms with Gasteiger partial charge in [-0.15, -0.1) is 0 Å². The van der Waals surface area contributed by atoms with Crippen molar-refractivity contribution in [3.63, 3.8) is 0 Å². The lowest BCUT2D eigenvalue weighted by molar-refractivity contribution is -0.905. The largest absolute Gasteiger partial charge is 0.493 e. The number of hydrogen-bond donors (Lipinski definition) is 1. The Labute approximate surface area is 133 Å². The molecule has 1 aliphatic rings. The van der Waals surface area contributed by atoms with Crippen LogP contribution in [0.1, 0.15) is 25.7 Å². The van der Waals surface area contributed by atoms with E-state index in [-0.39, 0.29) is 0 Å². The fourth-order valence-electron chi connectivity index (χ4n) is 3.25. The van der Waals surface area contributed by atoms with Crippen molar-refractivity contribution in [2.75, 3.05) is 26.2 Å². The van der Waals surface area contributed by atoms with Crippen molar-refractivity contribution in [1.82, 2.24) is 0 Å². The van der Waals surface area contributed by atoms with E-state index in [0.717, 1.165) is 18.8 Å². The highest BCUT2D eigenvalue weighted by Gasteiger charge is 2.12. The lowest BCUT2D eigenvalue weighted by Gasteiger charge is -2.23. The molecule has 2 heteroatoms. The second-order valence-electron chi connectivity index (χ2n) is 6.12. The van der Waals surface area contributed by atoms with E-state index >= 15 is 0 Å². The van der Waals surface area contributed by atoms with Crippen LogP contribution in [0, 0.1) is 0 Å². The maximum atomic E-state index is 6.07. The standard InChI is InChI=1S/C20H25NO/c1-3-10-18(11-4-1)19-12-5-6-13-20(19)22-17-9-16-21-14-7-2-8-15-21/h1,3-6,10-13H,2,7-9,14-17H2/p+1. The third-order valence-electron chi connectivity index (χ3n) is 4.46. The van der Waals surface area contributed by atoms with Crippen molar-refractivity contribution in [2.45, 2.75) is 25.7 Å². The van der Waals surface area contributed by atoms with Gasteiger partial charge in [0.05, 0.1) is 26.2 Å². The van der Waals surface area contributed by atoms with Crippen LogP contribution < -0.4 is 9.64 Å². The fourth-order valence-corrected chi connectivity index (χ4v) is 3.25. The lowest BCUT2D eigenvalue weighted by atomic mass is 10.1. The topological polar surface area (TPSA) is 13.7 Å². The highest BCUT2D eigenvalue weighted by molar-refractivity contribution is 5.70. The SMILES string of the molecule is c1ccc(-c2ccccc2OCCC[NH+]2CCCCC2)cc1. The predicted molar refractivity (Wildman–Crippen MR) is 91.4 cm³/mol. The van der Waals surface area contributed by atoms with Gasteiger partial charge in [-0.1, -0.05) is 48.5 Å². The summed E-state index contributed by atoms with van der Waals surface area (Å²) in [5, 5.41) is 0. The van der Waals surface area contributed by atoms with E-state index in [1.165, 1.54) is 50.0 Å². The smallest absolute Gasteiger partial charge is 0.127 e. The molecule has 1 aliphatic heterocycles. The summed E-state index contributed by atoms with van der Waals surface area (Å²) in [5.74, 6) is 1.00. The molecule has 2 aromatic rings. The summed E-state index contributed by atoms with van der Waals surface area (Å²) in [6, 6.07) is 18.8. The molecule has 1 N–H and O–H groups in total. The Hall–Kier alpha value is -1.80. The van der Waals surface area contributed by atoms with Crippen LogP contribution in [-0.2, 0) is 0 Å². The van der Waals surface area contributed by atoms with Crippen LogP contribution in [-0.4, -0.2) is 26.2 Å². The van der Waals surface area contributed by atoms with Crippen molar-refractivity contribution < 1.29 is 9.64 Å². The van der Waals surface area contributed by atoms with Gasteiger partial charge in [0.15, 0.2) is 0 Å². The summed E-state index contributed by atoms with van der Waals surface area (Å²) in [5.41, 5.74) is 2.41. The third kappa shape index (κ3) is 4.11. The number of benzene rings is 2. The minimum absolute atomic E-state index is 0.813. The summed E-state index contributed by atoms with van der Waals surface area (Å²) in [7, 11) is 0. The Morgan fingerprint density at radius 1 is 0.818 bits per heavy atom. The molecule has 0 atom stereocenters. The van der Waals surface area contributed by atoms with Crippen LogP contribution in [0.15, 0.2) is 54.6 Å². The van der Waals surface area contributed by atoms with Crippen molar-refractivity contribution in [2.24, 2.45) is 0 Å². The zero-order valence-corrected chi connectivity index (χ0v) is 13.3. The van der Waals surface area contributed by atoms with Gasteiger partial charge in [0.25, 0.3) is 0 Å². The number of piperidine rings is 1. The molecule has 3 rings (SSSR count). The first kappa shape index (κ1) is 15.1. The second-order valence-corrected chi connectivity index (χ2v) is 6.12. The summed E-state index contributed by atoms with van der Waals surface area (Å²) in [4.78, 5) is 1.76. The molecule has 22 heavy (non-hydrogen) atoms. The number of nitrogens with one attached hydrogen (secondary N) is 1. The van der Waals surface area contributed by atoms with E-state index in [1.807, 2.05) is 6.07 Å². The van der Waals surface area contributed by atoms with Gasteiger partial charge in [-0.05, 0) is 30.9 Å². The molecule has 0 aliphatic carbocycles. The van der Waals surface area contributed by atoms with Gasteiger partial charge in [-0.3, -0.25) is 0 Å². The number of quaternary nitrogens is 1. The molecule has 0 radical (unpaired) electrons. The molecule has 0 saturated carbocycles. The number of para-hydroxylation sites is 1. The van der Waals surface area contributed by atoms with E-state index < -0.39 is 0 Å². The number of rotatable bonds is 6. The van der Waals surface area contributed by atoms with Gasteiger partial charge >= 0.3 is 0 Å². The van der Waals surface area contributed by atoms with Gasteiger partial charge in [-0.2, -0.15) is 0 Å². The Morgan fingerprint density at radius 2 is 1.55 bits per heavy atom. The first-order valence-electron chi connectivity index (χ1n) is 8.54. The Bertz CT molecular complexity index is 561. The van der Waals surface area contributed by atoms with E-state index in [4.69, 9.17) is 4.74 Å². The van der Waals surface area contributed by atoms with Crippen LogP contribution in [0.2, 0.25) is 0 Å². The van der Waals surface area contributed by atoms with E-state index in [9.17, 15) is 0 Å². The molecule has 2 nitrogen and oxygen atoms in total. The fraction of sp³-hybridized carbons (Fsp3) is 0.400. The maximum absolute atomic E-state index is 6.07. The average molecular weight is 296 g/mol. The Balaban J connectivity index is 1.54. The molecule has 2 aromatic carbocycles. The minimum Gasteiger partial charge on any atom is -0.493 e. The van der Waals surface area contributed by atoms with E-state index in [0.29, 0.717) is 0 Å². The Morgan fingerprint density at radius 3 is 2.36 bits per heavy atom. The third-order valence-corrected chi connectivity index (χ3v) is 4.46. The Kier molecular flexibility index (Phi) is 5.49. The normalized spacial score (nSPS) is 15.6. The molecular formula is C20H26NO+. The lowest BCUT2D eigenvalue weighted by Crippen LogP contribution is -3.12. The molecule has 1 saturated heterocycles. The van der Waals surface area contributed by atoms with Crippen LogP contribution in [0.25, 0.3) is 11.1 Å². The number of hydrogen-bond acceptors (Lipinski definition) is 1. The zero-order chi connectivity index (χ0) is 15.0. The summed E-state index contributed by atoms with van der Waals surface area (Å²) < 4.78 is 6.07. The van der Waals surface area contributed by atoms with E-state index in [2.05, 4.69) is 48.5 Å². The van der Waals surface area contributed by atoms with Gasteiger partial charge in [0.2, 0.25) is 0 Å². The number of ether oxygens (including phenoxy) is 1. The van der Waals surface area contributed by atoms with Gasteiger partial charge < -0.3 is 9.64 Å². The van der Waals surface area contributed by atoms with Crippen molar-refractivity contribution in [1.29, 1.82) is 0 Å². The molecule has 1 fully saturated rings. The van der Waals surface area contributed by atoms with E-state index in [1.54, 1.807) is 4.90 Å². The van der Waals surface area contributed by atoms with Crippen molar-refractivity contribution in [3.8, 4) is 16.9 Å². The minimum atomic E-state index is 0.813. The monoisotopic (exact) mass is 296 g/mol. The van der Waals surface area contributed by atoms with Crippen molar-refractivity contribution in [3.05, 3.63) is 54.6 Å². The average Bonchev–Trinajstić information content (AvgIpc) is 2.61. The van der Waals surface area contributed by atoms with Crippen LogP contribution in [0.4, 0.5) is 0 Å². The molecule has 0 unspecified atom stereocenters. The molecular weight excluding hydrogens is 270 g/mol. The predicted octanol–water partition coefficient (Wildman–Crippen LogP) is 3.19. The highest BCUT2D eigenvalue weighted by Crippen LogP contribution is 2.29. The maximum Gasteiger partial charge on any atom is 0.127 e. The van der Waals surface area contributed by atoms with Crippen LogP contribution in [0.5, 0.6) is 5.75 Å². The molecule has 0 aromatic heterocycles. The summed E-state index contributed by atoms with van der Waals surface area (Å²) in [6.07, 6.45) is 5.35. The molecule has 1 heterocycles. The van der Waals surface area contributed by atoms with Gasteiger partial charge in [0.1, 0.15) is 5.75 Å². The molecule has 0 bridgehead atoms. The molecule has 116 valence electrons. The second kappa shape index (κ2) is 8.00. The van der Waals surface area contributed by atoms with Gasteiger partial charge in [0, 0.05) is 12.0 Å². The first-order valence-corrected chi connectivity index (χ1v) is 8.54. The highest BCUT2D eigenvalue weighted by atomic mass is 16.5.